The normalized spacial score (nSPS) is 17.6. The lowest BCUT2D eigenvalue weighted by Crippen LogP contribution is -2.39. The summed E-state index contributed by atoms with van der Waals surface area (Å²) < 4.78 is 5.03. The molecule has 8 heteroatoms. The largest absolute Gasteiger partial charge is 0.385 e. The number of imide groups is 1. The molecule has 3 aromatic rings. The SMILES string of the molecule is COCCCN1C(=O)c2ccc(C(=O)N3CCc4sccc4C3c3cccs3)cc2C1=O. The molecule has 2 aliphatic heterocycles. The lowest BCUT2D eigenvalue weighted by Gasteiger charge is -2.35. The van der Waals surface area contributed by atoms with Gasteiger partial charge in [0.15, 0.2) is 0 Å². The summed E-state index contributed by atoms with van der Waals surface area (Å²) in [5.41, 5.74) is 2.27. The Morgan fingerprint density at radius 3 is 2.72 bits per heavy atom. The predicted octanol–water partition coefficient (Wildman–Crippen LogP) is 4.23. The van der Waals surface area contributed by atoms with E-state index in [1.165, 1.54) is 15.3 Å². The van der Waals surface area contributed by atoms with Gasteiger partial charge in [-0.2, -0.15) is 0 Å². The Balaban J connectivity index is 1.45. The minimum atomic E-state index is -0.343. The Morgan fingerprint density at radius 1 is 1.09 bits per heavy atom. The number of carbonyl (C=O) groups is 3. The van der Waals surface area contributed by atoms with Crippen LogP contribution in [0.5, 0.6) is 0 Å². The van der Waals surface area contributed by atoms with Gasteiger partial charge in [-0.15, -0.1) is 22.7 Å². The van der Waals surface area contributed by atoms with E-state index in [1.807, 2.05) is 16.3 Å². The van der Waals surface area contributed by atoms with Crippen molar-refractivity contribution in [3.63, 3.8) is 0 Å². The van der Waals surface area contributed by atoms with Crippen molar-refractivity contribution < 1.29 is 19.1 Å². The lowest BCUT2D eigenvalue weighted by atomic mass is 9.96. The van der Waals surface area contributed by atoms with Crippen LogP contribution in [0.3, 0.4) is 0 Å². The van der Waals surface area contributed by atoms with Crippen molar-refractivity contribution in [2.75, 3.05) is 26.8 Å². The van der Waals surface area contributed by atoms with Gasteiger partial charge < -0.3 is 9.64 Å². The number of hydrogen-bond donors (Lipinski definition) is 0. The summed E-state index contributed by atoms with van der Waals surface area (Å²) in [5, 5.41) is 4.10. The molecule has 3 amide bonds. The molecule has 0 aliphatic carbocycles. The molecule has 1 atom stereocenters. The number of nitrogens with zero attached hydrogens (tertiary/aromatic N) is 2. The maximum Gasteiger partial charge on any atom is 0.261 e. The van der Waals surface area contributed by atoms with Gasteiger partial charge in [-0.25, -0.2) is 0 Å². The number of carbonyl (C=O) groups excluding carboxylic acids is 3. The van der Waals surface area contributed by atoms with Gasteiger partial charge in [0, 0.05) is 42.1 Å². The zero-order valence-corrected chi connectivity index (χ0v) is 19.2. The first-order chi connectivity index (χ1) is 15.6. The molecule has 0 saturated carbocycles. The highest BCUT2D eigenvalue weighted by Gasteiger charge is 2.38. The second-order valence-electron chi connectivity index (χ2n) is 7.83. The maximum absolute atomic E-state index is 13.6. The van der Waals surface area contributed by atoms with Crippen molar-refractivity contribution in [2.45, 2.75) is 18.9 Å². The molecule has 1 aromatic carbocycles. The summed E-state index contributed by atoms with van der Waals surface area (Å²) >= 11 is 3.37. The zero-order valence-electron chi connectivity index (χ0n) is 17.6. The van der Waals surface area contributed by atoms with Gasteiger partial charge in [0.05, 0.1) is 17.2 Å². The van der Waals surface area contributed by atoms with Crippen LogP contribution in [0.25, 0.3) is 0 Å². The topological polar surface area (TPSA) is 66.9 Å². The summed E-state index contributed by atoms with van der Waals surface area (Å²) in [6.07, 6.45) is 1.39. The van der Waals surface area contributed by atoms with E-state index < -0.39 is 0 Å². The summed E-state index contributed by atoms with van der Waals surface area (Å²) in [7, 11) is 1.59. The van der Waals surface area contributed by atoms with Crippen molar-refractivity contribution in [3.05, 3.63) is 79.2 Å². The Hall–Kier alpha value is -2.81. The minimum Gasteiger partial charge on any atom is -0.385 e. The molecule has 6 nitrogen and oxygen atoms in total. The van der Waals surface area contributed by atoms with Crippen LogP contribution in [0.1, 0.15) is 58.9 Å². The molecule has 0 radical (unpaired) electrons. The first-order valence-electron chi connectivity index (χ1n) is 10.5. The van der Waals surface area contributed by atoms with Crippen LogP contribution in [-0.4, -0.2) is 54.3 Å². The highest BCUT2D eigenvalue weighted by atomic mass is 32.1. The second kappa shape index (κ2) is 8.61. The molecule has 0 bridgehead atoms. The van der Waals surface area contributed by atoms with Gasteiger partial charge in [0.25, 0.3) is 17.7 Å². The van der Waals surface area contributed by atoms with Gasteiger partial charge in [-0.3, -0.25) is 19.3 Å². The first-order valence-corrected chi connectivity index (χ1v) is 12.3. The quantitative estimate of drug-likeness (QED) is 0.403. The molecule has 2 aromatic heterocycles. The van der Waals surface area contributed by atoms with Crippen LogP contribution >= 0.6 is 22.7 Å². The molecule has 0 fully saturated rings. The number of fused-ring (bicyclic) bond motifs is 2. The third-order valence-electron chi connectivity index (χ3n) is 5.99. The Morgan fingerprint density at radius 2 is 1.94 bits per heavy atom. The molecule has 0 N–H and O–H groups in total. The molecule has 1 unspecified atom stereocenters. The third kappa shape index (κ3) is 3.48. The third-order valence-corrected chi connectivity index (χ3v) is 7.91. The monoisotopic (exact) mass is 466 g/mol. The van der Waals surface area contributed by atoms with Gasteiger partial charge in [0.2, 0.25) is 0 Å². The number of hydrogen-bond acceptors (Lipinski definition) is 6. The molecule has 164 valence electrons. The summed E-state index contributed by atoms with van der Waals surface area (Å²) in [6, 6.07) is 10.9. The van der Waals surface area contributed by atoms with E-state index in [9.17, 15) is 14.4 Å². The first kappa shape index (κ1) is 21.1. The van der Waals surface area contributed by atoms with Gasteiger partial charge in [-0.05, 0) is 59.5 Å². The molecular weight excluding hydrogens is 444 g/mol. The zero-order chi connectivity index (χ0) is 22.2. The summed E-state index contributed by atoms with van der Waals surface area (Å²) in [4.78, 5) is 44.7. The smallest absolute Gasteiger partial charge is 0.261 e. The van der Waals surface area contributed by atoms with Crippen molar-refractivity contribution in [1.29, 1.82) is 0 Å². The van der Waals surface area contributed by atoms with Crippen LogP contribution in [0.15, 0.2) is 47.2 Å². The Bertz CT molecular complexity index is 1180. The second-order valence-corrected chi connectivity index (χ2v) is 9.81. The van der Waals surface area contributed by atoms with Gasteiger partial charge >= 0.3 is 0 Å². The molecule has 0 saturated heterocycles. The van der Waals surface area contributed by atoms with Crippen LogP contribution in [-0.2, 0) is 11.2 Å². The number of amides is 3. The number of ether oxygens (including phenoxy) is 1. The lowest BCUT2D eigenvalue weighted by molar-refractivity contribution is 0.0638. The van der Waals surface area contributed by atoms with E-state index in [2.05, 4.69) is 17.5 Å². The molecule has 0 spiro atoms. The fourth-order valence-electron chi connectivity index (χ4n) is 4.45. The average molecular weight is 467 g/mol. The fraction of sp³-hybridized carbons (Fsp3) is 0.292. The maximum atomic E-state index is 13.6. The number of benzene rings is 1. The fourth-order valence-corrected chi connectivity index (χ4v) is 6.21. The Kier molecular flexibility index (Phi) is 5.67. The van der Waals surface area contributed by atoms with Crippen LogP contribution < -0.4 is 0 Å². The molecule has 32 heavy (non-hydrogen) atoms. The van der Waals surface area contributed by atoms with Crippen molar-refractivity contribution in [3.8, 4) is 0 Å². The number of rotatable bonds is 6. The predicted molar refractivity (Wildman–Crippen MR) is 124 cm³/mol. The minimum absolute atomic E-state index is 0.124. The highest BCUT2D eigenvalue weighted by Crippen LogP contribution is 2.40. The van der Waals surface area contributed by atoms with E-state index in [-0.39, 0.29) is 23.8 Å². The van der Waals surface area contributed by atoms with Crippen LogP contribution in [0.4, 0.5) is 0 Å². The summed E-state index contributed by atoms with van der Waals surface area (Å²) in [6.45, 7) is 1.39. The van der Waals surface area contributed by atoms with Crippen molar-refractivity contribution >= 4 is 40.4 Å². The average Bonchev–Trinajstić information content (AvgIpc) is 3.55. The van der Waals surface area contributed by atoms with Gasteiger partial charge in [-0.1, -0.05) is 6.07 Å². The molecule has 2 aliphatic rings. The van der Waals surface area contributed by atoms with E-state index in [0.717, 1.165) is 11.3 Å². The highest BCUT2D eigenvalue weighted by molar-refractivity contribution is 7.10. The number of thiophene rings is 2. The molecule has 5 rings (SSSR count). The van der Waals surface area contributed by atoms with E-state index in [1.54, 1.807) is 48.0 Å². The van der Waals surface area contributed by atoms with E-state index in [0.29, 0.717) is 42.8 Å². The molecular formula is C24H22N2O4S2. The van der Waals surface area contributed by atoms with Crippen molar-refractivity contribution in [1.82, 2.24) is 9.80 Å². The van der Waals surface area contributed by atoms with Gasteiger partial charge in [0.1, 0.15) is 0 Å². The van der Waals surface area contributed by atoms with E-state index in [4.69, 9.17) is 4.74 Å². The standard InChI is InChI=1S/C24H22N2O4S2/c1-30-11-3-9-26-23(28)16-6-5-15(14-18(16)24(26)29)22(27)25-10-7-19-17(8-13-32-19)21(25)20-4-2-12-31-20/h2,4-6,8,12-14,21H,3,7,9-11H2,1H3. The Labute approximate surface area is 194 Å². The van der Waals surface area contributed by atoms with Crippen LogP contribution in [0, 0.1) is 0 Å². The number of methoxy groups -OCH3 is 1. The van der Waals surface area contributed by atoms with E-state index >= 15 is 0 Å². The summed E-state index contributed by atoms with van der Waals surface area (Å²) in [5.74, 6) is -0.775. The van der Waals surface area contributed by atoms with Crippen molar-refractivity contribution in [2.24, 2.45) is 0 Å². The molecule has 4 heterocycles. The van der Waals surface area contributed by atoms with Crippen LogP contribution in [0.2, 0.25) is 0 Å².